The standard InChI is InChI=1S/C72H63N9O7S3/c1-70(2,3)87-69(85)76-68-74-57(47-91-68)60(78-88-72(54-38-22-9-23-39-54,55-40-24-10-25-41-55)56-42-26-11-27-43-56)64(82)75-61-65(83)81-62(67(84)86-63(49-28-12-4-13-29-49)50-30-14-5-15-31-50)58(48-90-66(61)81)89-45-44-73-59-46-80(79-77-59)71(51-32-16-6-17-33-51,52-34-18-7-19-35-52)53-36-20-8-21-37-53/h4-43,46-47,61,63,66,73H,44-45,48H2,1-3H3,(H,75,82)(H,74,76,85)/b78-60-/t61-,66-/m1/s1. The zero-order valence-corrected chi connectivity index (χ0v) is 52.3. The predicted molar refractivity (Wildman–Crippen MR) is 357 cm³/mol. The van der Waals surface area contributed by atoms with Crippen molar-refractivity contribution < 1.29 is 33.5 Å². The van der Waals surface area contributed by atoms with Gasteiger partial charge >= 0.3 is 12.1 Å². The number of anilines is 2. The van der Waals surface area contributed by atoms with Crippen LogP contribution in [0, 0.1) is 0 Å². The van der Waals surface area contributed by atoms with E-state index in [4.69, 9.17) is 24.7 Å². The lowest BCUT2D eigenvalue weighted by Gasteiger charge is -2.49. The van der Waals surface area contributed by atoms with Crippen LogP contribution >= 0.6 is 34.9 Å². The molecule has 1 fully saturated rings. The van der Waals surface area contributed by atoms with E-state index in [1.807, 2.05) is 217 Å². The zero-order chi connectivity index (χ0) is 62.8. The maximum atomic E-state index is 15.2. The molecule has 8 aromatic carbocycles. The van der Waals surface area contributed by atoms with Gasteiger partial charge in [-0.05, 0) is 48.6 Å². The number of rotatable bonds is 22. The summed E-state index contributed by atoms with van der Waals surface area (Å²) in [7, 11) is 0. The number of thioether (sulfide) groups is 2. The fourth-order valence-corrected chi connectivity index (χ4v) is 14.5. The number of oxime groups is 1. The number of hydrogen-bond acceptors (Lipinski definition) is 15. The number of hydrogen-bond donors (Lipinski definition) is 3. The Morgan fingerprint density at radius 1 is 0.659 bits per heavy atom. The second-order valence-electron chi connectivity index (χ2n) is 22.3. The van der Waals surface area contributed by atoms with Gasteiger partial charge in [0, 0.05) is 45.0 Å². The molecule has 456 valence electrons. The second kappa shape index (κ2) is 27.3. The van der Waals surface area contributed by atoms with Crippen LogP contribution < -0.4 is 16.0 Å². The fraction of sp³-hybridized carbons (Fsp3) is 0.167. The Kier molecular flexibility index (Phi) is 18.4. The molecule has 12 rings (SSSR count). The number of nitrogens with zero attached hydrogens (tertiary/aromatic N) is 6. The Morgan fingerprint density at radius 3 is 1.62 bits per heavy atom. The molecule has 0 radical (unpaired) electrons. The highest BCUT2D eigenvalue weighted by Crippen LogP contribution is 2.46. The number of carbonyl (C=O) groups is 4. The topological polar surface area (TPSA) is 191 Å². The van der Waals surface area contributed by atoms with Gasteiger partial charge in [-0.3, -0.25) is 19.8 Å². The molecule has 0 aliphatic carbocycles. The third kappa shape index (κ3) is 13.0. The molecule has 0 bridgehead atoms. The number of thiazole rings is 1. The first kappa shape index (κ1) is 61.2. The van der Waals surface area contributed by atoms with Gasteiger partial charge in [0.15, 0.2) is 22.8 Å². The lowest BCUT2D eigenvalue weighted by atomic mass is 9.77. The summed E-state index contributed by atoms with van der Waals surface area (Å²) in [6, 6.07) is 77.1. The normalized spacial score (nSPS) is 15.1. The monoisotopic (exact) mass is 1260 g/mol. The van der Waals surface area contributed by atoms with Gasteiger partial charge in [-0.1, -0.05) is 253 Å². The number of benzene rings is 8. The summed E-state index contributed by atoms with van der Waals surface area (Å²) in [5.41, 5.74) is 3.37. The Morgan fingerprint density at radius 2 is 1.13 bits per heavy atom. The number of nitrogens with one attached hydrogen (secondary N) is 3. The molecule has 0 unspecified atom stereocenters. The summed E-state index contributed by atoms with van der Waals surface area (Å²) in [5.74, 6) is -0.766. The summed E-state index contributed by atoms with van der Waals surface area (Å²) in [6.07, 6.45) is 0.337. The van der Waals surface area contributed by atoms with E-state index in [0.29, 0.717) is 45.5 Å². The van der Waals surface area contributed by atoms with Crippen molar-refractivity contribution in [3.8, 4) is 0 Å². The van der Waals surface area contributed by atoms with Gasteiger partial charge in [-0.15, -0.1) is 40.0 Å². The van der Waals surface area contributed by atoms with E-state index in [1.165, 1.54) is 28.4 Å². The van der Waals surface area contributed by atoms with Gasteiger partial charge in [0.25, 0.3) is 11.8 Å². The van der Waals surface area contributed by atoms with Crippen LogP contribution in [-0.4, -0.2) is 89.5 Å². The lowest BCUT2D eigenvalue weighted by molar-refractivity contribution is -0.154. The van der Waals surface area contributed by atoms with Crippen molar-refractivity contribution in [1.29, 1.82) is 0 Å². The molecular weight excluding hydrogens is 1200 g/mol. The summed E-state index contributed by atoms with van der Waals surface area (Å²) >= 11 is 3.88. The van der Waals surface area contributed by atoms with Crippen molar-refractivity contribution >= 4 is 75.4 Å². The summed E-state index contributed by atoms with van der Waals surface area (Å²) in [4.78, 5) is 72.1. The molecule has 1 saturated heterocycles. The van der Waals surface area contributed by atoms with Crippen molar-refractivity contribution in [2.24, 2.45) is 5.16 Å². The van der Waals surface area contributed by atoms with Crippen LogP contribution in [0.3, 0.4) is 0 Å². The molecule has 10 aromatic rings. The average Bonchev–Trinajstić information content (AvgIpc) is 1.57. The Bertz CT molecular complexity index is 3970. The average molecular weight is 1260 g/mol. The molecule has 0 saturated carbocycles. The third-order valence-corrected chi connectivity index (χ3v) is 18.6. The van der Waals surface area contributed by atoms with E-state index in [-0.39, 0.29) is 22.2 Å². The number of carbonyl (C=O) groups excluding carboxylic acids is 4. The highest BCUT2D eigenvalue weighted by atomic mass is 32.2. The quantitative estimate of drug-likeness (QED) is 0.0145. The molecule has 2 aromatic heterocycles. The first-order valence-electron chi connectivity index (χ1n) is 29.5. The third-order valence-electron chi connectivity index (χ3n) is 15.3. The zero-order valence-electron chi connectivity index (χ0n) is 49.9. The molecule has 0 spiro atoms. The van der Waals surface area contributed by atoms with Gasteiger partial charge in [0.05, 0.1) is 6.20 Å². The SMILES string of the molecule is CC(C)(C)OC(=O)Nc1nc(/C(=N/OC(c2ccccc2)(c2ccccc2)c2ccccc2)C(=O)N[C@@H]2C(=O)N3C(C(=O)OC(c4ccccc4)c4ccccc4)=C(SCCNc4cn(C(c5ccccc5)(c5ccccc5)c5ccccc5)nn4)CS[C@H]23)cs1. The largest absolute Gasteiger partial charge is 0.448 e. The van der Waals surface area contributed by atoms with Gasteiger partial charge in [0.2, 0.25) is 5.60 Å². The van der Waals surface area contributed by atoms with Crippen LogP contribution in [0.1, 0.15) is 77.1 Å². The molecule has 2 atom stereocenters. The van der Waals surface area contributed by atoms with Crippen LogP contribution in [-0.2, 0) is 39.8 Å². The molecule has 91 heavy (non-hydrogen) atoms. The molecule has 2 aliphatic rings. The molecule has 16 nitrogen and oxygen atoms in total. The first-order chi connectivity index (χ1) is 44.4. The number of amides is 3. The van der Waals surface area contributed by atoms with Crippen LogP contribution in [0.2, 0.25) is 0 Å². The minimum absolute atomic E-state index is 0.0475. The van der Waals surface area contributed by atoms with Crippen LogP contribution in [0.25, 0.3) is 0 Å². The fourth-order valence-electron chi connectivity index (χ4n) is 11.3. The highest BCUT2D eigenvalue weighted by molar-refractivity contribution is 8.06. The smallest absolute Gasteiger partial charge is 0.413 e. The van der Waals surface area contributed by atoms with Gasteiger partial charge in [-0.25, -0.2) is 19.3 Å². The Balaban J connectivity index is 0.853. The molecule has 19 heteroatoms. The highest BCUT2D eigenvalue weighted by Gasteiger charge is 2.55. The second-order valence-corrected chi connectivity index (χ2v) is 25.5. The van der Waals surface area contributed by atoms with Crippen molar-refractivity contribution in [2.45, 2.75) is 55.0 Å². The van der Waals surface area contributed by atoms with E-state index in [1.54, 1.807) is 26.2 Å². The molecule has 4 heterocycles. The van der Waals surface area contributed by atoms with Crippen molar-refractivity contribution in [3.05, 3.63) is 315 Å². The van der Waals surface area contributed by atoms with Crippen molar-refractivity contribution in [1.82, 2.24) is 30.2 Å². The maximum Gasteiger partial charge on any atom is 0.413 e. The van der Waals surface area contributed by atoms with Gasteiger partial charge in [0.1, 0.15) is 33.9 Å². The van der Waals surface area contributed by atoms with Crippen LogP contribution in [0.5, 0.6) is 0 Å². The molecule has 3 amide bonds. The summed E-state index contributed by atoms with van der Waals surface area (Å²) in [6.45, 7) is 5.64. The van der Waals surface area contributed by atoms with Gasteiger partial charge in [-0.2, -0.15) is 0 Å². The summed E-state index contributed by atoms with van der Waals surface area (Å²) < 4.78 is 13.9. The van der Waals surface area contributed by atoms with Crippen molar-refractivity contribution in [3.63, 3.8) is 0 Å². The molecule has 2 aliphatic heterocycles. The van der Waals surface area contributed by atoms with Crippen molar-refractivity contribution in [2.75, 3.05) is 28.7 Å². The Labute approximate surface area is 539 Å². The maximum absolute atomic E-state index is 15.2. The van der Waals surface area contributed by atoms with E-state index >= 15 is 14.4 Å². The number of ether oxygens (including phenoxy) is 2. The van der Waals surface area contributed by atoms with Gasteiger partial charge < -0.3 is 24.9 Å². The van der Waals surface area contributed by atoms with Crippen LogP contribution in [0.4, 0.5) is 15.7 Å². The molecular formula is C72H63N9O7S3. The minimum Gasteiger partial charge on any atom is -0.448 e. The number of esters is 1. The molecule has 3 N–H and O–H groups in total. The van der Waals surface area contributed by atoms with Crippen LogP contribution in [0.15, 0.2) is 270 Å². The van der Waals surface area contributed by atoms with E-state index in [2.05, 4.69) is 62.4 Å². The van der Waals surface area contributed by atoms with E-state index in [0.717, 1.165) is 39.2 Å². The lowest BCUT2D eigenvalue weighted by Crippen LogP contribution is -2.71. The number of fused-ring (bicyclic) bond motifs is 1. The first-order valence-corrected chi connectivity index (χ1v) is 32.5. The number of aromatic nitrogens is 4. The minimum atomic E-state index is -1.41. The number of β-lactam (4-membered cyclic amide) rings is 1. The summed E-state index contributed by atoms with van der Waals surface area (Å²) in [5, 5.41) is 24.2. The van der Waals surface area contributed by atoms with E-state index < -0.39 is 58.1 Å². The van der Waals surface area contributed by atoms with E-state index in [9.17, 15) is 4.79 Å². The predicted octanol–water partition coefficient (Wildman–Crippen LogP) is 13.4. The Hall–Kier alpha value is -10.1.